The van der Waals surface area contributed by atoms with Gasteiger partial charge in [0.15, 0.2) is 5.03 Å². The van der Waals surface area contributed by atoms with Gasteiger partial charge in [0.05, 0.1) is 11.7 Å². The van der Waals surface area contributed by atoms with Crippen LogP contribution in [-0.4, -0.2) is 46.3 Å². The largest absolute Gasteiger partial charge is 0.343 e. The van der Waals surface area contributed by atoms with Gasteiger partial charge in [-0.1, -0.05) is 36.4 Å². The van der Waals surface area contributed by atoms with Crippen LogP contribution in [0.5, 0.6) is 0 Å². The first-order valence-corrected chi connectivity index (χ1v) is 12.1. The van der Waals surface area contributed by atoms with Gasteiger partial charge in [-0.15, -0.1) is 0 Å². The molecule has 1 fully saturated rings. The fourth-order valence-corrected chi connectivity index (χ4v) is 5.42. The van der Waals surface area contributed by atoms with Crippen LogP contribution in [0.1, 0.15) is 36.0 Å². The number of aromatic nitrogens is 3. The number of piperidine rings is 1. The molecule has 0 saturated carbocycles. The molecule has 0 bridgehead atoms. The predicted octanol–water partition coefficient (Wildman–Crippen LogP) is 2.43. The maximum Gasteiger partial charge on any atom is 0.262 e. The van der Waals surface area contributed by atoms with E-state index in [9.17, 15) is 13.2 Å². The number of benzene rings is 1. The van der Waals surface area contributed by atoms with Crippen molar-refractivity contribution < 1.29 is 13.2 Å². The molecule has 1 unspecified atom stereocenters. The number of sulfonamides is 1. The van der Waals surface area contributed by atoms with Crippen LogP contribution in [0, 0.1) is 12.8 Å². The number of amides is 1. The van der Waals surface area contributed by atoms with Crippen molar-refractivity contribution in [2.75, 3.05) is 13.1 Å². The molecule has 1 N–H and O–H groups in total. The lowest BCUT2D eigenvalue weighted by Crippen LogP contribution is -2.44. The van der Waals surface area contributed by atoms with Crippen LogP contribution >= 0.6 is 0 Å². The fraction of sp³-hybridized carbons (Fsp3) is 0.348. The Labute approximate surface area is 188 Å². The molecule has 1 saturated heterocycles. The second-order valence-electron chi connectivity index (χ2n) is 8.02. The molecule has 1 amide bonds. The molecule has 1 aliphatic rings. The number of pyridine rings is 1. The van der Waals surface area contributed by atoms with Gasteiger partial charge in [0.1, 0.15) is 5.82 Å². The monoisotopic (exact) mass is 453 g/mol. The quantitative estimate of drug-likeness (QED) is 0.618. The Kier molecular flexibility index (Phi) is 6.38. The summed E-state index contributed by atoms with van der Waals surface area (Å²) in [6.07, 6.45) is 4.15. The number of imidazole rings is 1. The van der Waals surface area contributed by atoms with Gasteiger partial charge in [-0.25, -0.2) is 13.4 Å². The molecule has 3 aromatic rings. The van der Waals surface area contributed by atoms with Crippen LogP contribution in [0.3, 0.4) is 0 Å². The molecule has 1 aliphatic heterocycles. The van der Waals surface area contributed by atoms with E-state index >= 15 is 0 Å². The molecular weight excluding hydrogens is 426 g/mol. The molecular formula is C23H27N5O3S. The summed E-state index contributed by atoms with van der Waals surface area (Å²) < 4.78 is 28.9. The van der Waals surface area contributed by atoms with Crippen molar-refractivity contribution in [3.8, 4) is 0 Å². The first-order chi connectivity index (χ1) is 15.4. The summed E-state index contributed by atoms with van der Waals surface area (Å²) in [7, 11) is -1.90. The van der Waals surface area contributed by atoms with Crippen LogP contribution in [0.2, 0.25) is 0 Å². The van der Waals surface area contributed by atoms with E-state index < -0.39 is 10.0 Å². The summed E-state index contributed by atoms with van der Waals surface area (Å²) in [6, 6.07) is 15.0. The summed E-state index contributed by atoms with van der Waals surface area (Å²) in [6.45, 7) is 2.34. The third-order valence-electron chi connectivity index (χ3n) is 5.92. The Morgan fingerprint density at radius 3 is 2.38 bits per heavy atom. The minimum Gasteiger partial charge on any atom is -0.343 e. The third-order valence-corrected chi connectivity index (χ3v) is 7.69. The molecule has 32 heavy (non-hydrogen) atoms. The Balaban J connectivity index is 1.44. The second-order valence-corrected chi connectivity index (χ2v) is 9.91. The molecule has 8 nitrogen and oxygen atoms in total. The zero-order chi connectivity index (χ0) is 22.7. The lowest BCUT2D eigenvalue weighted by Gasteiger charge is -2.31. The van der Waals surface area contributed by atoms with Crippen molar-refractivity contribution in [3.63, 3.8) is 0 Å². The van der Waals surface area contributed by atoms with Crippen LogP contribution in [0.15, 0.2) is 66.0 Å². The summed E-state index contributed by atoms with van der Waals surface area (Å²) in [4.78, 5) is 21.7. The maximum absolute atomic E-state index is 13.1. The molecule has 9 heteroatoms. The van der Waals surface area contributed by atoms with E-state index in [-0.39, 0.29) is 36.0 Å². The molecule has 1 atom stereocenters. The van der Waals surface area contributed by atoms with Crippen LogP contribution in [0.4, 0.5) is 0 Å². The Bertz CT molecular complexity index is 1110. The second kappa shape index (κ2) is 9.22. The third kappa shape index (κ3) is 4.58. The van der Waals surface area contributed by atoms with Gasteiger partial charge in [-0.3, -0.25) is 9.78 Å². The van der Waals surface area contributed by atoms with E-state index in [4.69, 9.17) is 0 Å². The number of hydrogen-bond donors (Lipinski definition) is 1. The van der Waals surface area contributed by atoms with Gasteiger partial charge in [0, 0.05) is 38.4 Å². The van der Waals surface area contributed by atoms with Gasteiger partial charge in [0.25, 0.3) is 10.0 Å². The van der Waals surface area contributed by atoms with Crippen molar-refractivity contribution >= 4 is 15.9 Å². The average Bonchev–Trinajstić information content (AvgIpc) is 3.17. The molecule has 2 aromatic heterocycles. The number of aryl methyl sites for hydroxylation is 2. The highest BCUT2D eigenvalue weighted by molar-refractivity contribution is 7.89. The van der Waals surface area contributed by atoms with E-state index in [1.165, 1.54) is 10.5 Å². The van der Waals surface area contributed by atoms with Crippen LogP contribution in [0.25, 0.3) is 0 Å². The summed E-state index contributed by atoms with van der Waals surface area (Å²) in [5, 5.41) is 3.19. The van der Waals surface area contributed by atoms with Gasteiger partial charge in [0.2, 0.25) is 5.91 Å². The first-order valence-electron chi connectivity index (χ1n) is 10.6. The highest BCUT2D eigenvalue weighted by atomic mass is 32.2. The minimum absolute atomic E-state index is 0.0553. The van der Waals surface area contributed by atoms with E-state index in [0.29, 0.717) is 18.7 Å². The molecule has 0 aliphatic carbocycles. The number of nitrogens with one attached hydrogen (secondary N) is 1. The van der Waals surface area contributed by atoms with Gasteiger partial charge in [-0.05, 0) is 37.5 Å². The van der Waals surface area contributed by atoms with Crippen LogP contribution in [-0.2, 0) is 21.9 Å². The predicted molar refractivity (Wildman–Crippen MR) is 120 cm³/mol. The molecule has 0 spiro atoms. The fourth-order valence-electron chi connectivity index (χ4n) is 3.92. The maximum atomic E-state index is 13.1. The van der Waals surface area contributed by atoms with Crippen molar-refractivity contribution in [1.82, 2.24) is 24.2 Å². The summed E-state index contributed by atoms with van der Waals surface area (Å²) >= 11 is 0. The molecule has 168 valence electrons. The topological polar surface area (TPSA) is 97.2 Å². The van der Waals surface area contributed by atoms with E-state index in [0.717, 1.165) is 11.3 Å². The number of hydrogen-bond acceptors (Lipinski definition) is 5. The zero-order valence-corrected chi connectivity index (χ0v) is 19.0. The Morgan fingerprint density at radius 2 is 1.78 bits per heavy atom. The highest BCUT2D eigenvalue weighted by Gasteiger charge is 2.34. The molecule has 3 heterocycles. The van der Waals surface area contributed by atoms with Gasteiger partial charge >= 0.3 is 0 Å². The van der Waals surface area contributed by atoms with E-state index in [1.807, 2.05) is 48.5 Å². The van der Waals surface area contributed by atoms with Crippen molar-refractivity contribution in [2.45, 2.75) is 30.8 Å². The number of carbonyl (C=O) groups is 1. The first kappa shape index (κ1) is 22.2. The van der Waals surface area contributed by atoms with Crippen molar-refractivity contribution in [3.05, 3.63) is 78.0 Å². The van der Waals surface area contributed by atoms with Crippen molar-refractivity contribution in [1.29, 1.82) is 0 Å². The Hall–Kier alpha value is -3.04. The average molecular weight is 454 g/mol. The highest BCUT2D eigenvalue weighted by Crippen LogP contribution is 2.26. The summed E-state index contributed by atoms with van der Waals surface area (Å²) in [5.74, 6) is 0.288. The smallest absolute Gasteiger partial charge is 0.262 e. The number of nitrogens with zero attached hydrogens (tertiary/aromatic N) is 4. The standard InChI is InChI=1S/C23H27N5O3S/c1-17-25-21(16-27(17)2)32(30,31)28-14-11-19(12-15-28)23(29)26-22(18-8-4-3-5-9-18)20-10-6-7-13-24-20/h3-10,13,16,19,22H,11-12,14-15H2,1-2H3,(H,26,29). The molecule has 4 rings (SSSR count). The van der Waals surface area contributed by atoms with Gasteiger partial charge in [-0.2, -0.15) is 4.31 Å². The van der Waals surface area contributed by atoms with E-state index in [2.05, 4.69) is 15.3 Å². The SMILES string of the molecule is Cc1nc(S(=O)(=O)N2CCC(C(=O)NC(c3ccccc3)c3ccccn3)CC2)cn1C. The van der Waals surface area contributed by atoms with Crippen molar-refractivity contribution in [2.24, 2.45) is 13.0 Å². The Morgan fingerprint density at radius 1 is 1.09 bits per heavy atom. The van der Waals surface area contributed by atoms with Crippen LogP contribution < -0.4 is 5.32 Å². The lowest BCUT2D eigenvalue weighted by molar-refractivity contribution is -0.126. The molecule has 1 aromatic carbocycles. The summed E-state index contributed by atoms with van der Waals surface area (Å²) in [5.41, 5.74) is 1.71. The molecule has 0 radical (unpaired) electrons. The minimum atomic E-state index is -3.66. The number of rotatable bonds is 6. The van der Waals surface area contributed by atoms with E-state index in [1.54, 1.807) is 24.7 Å². The normalized spacial score (nSPS) is 16.6. The number of carbonyl (C=O) groups excluding carboxylic acids is 1. The lowest BCUT2D eigenvalue weighted by atomic mass is 9.95. The zero-order valence-electron chi connectivity index (χ0n) is 18.2. The van der Waals surface area contributed by atoms with Gasteiger partial charge < -0.3 is 9.88 Å².